The van der Waals surface area contributed by atoms with Crippen LogP contribution in [0.1, 0.15) is 69.7 Å². The van der Waals surface area contributed by atoms with Crippen molar-refractivity contribution in [2.24, 2.45) is 0 Å². The number of aromatic amines is 1. The summed E-state index contributed by atoms with van der Waals surface area (Å²) in [4.78, 5) is 10.1. The molecule has 8 nitrogen and oxygen atoms in total. The lowest BCUT2D eigenvalue weighted by Crippen LogP contribution is -2.40. The maximum atomic E-state index is 12.7. The molecule has 10 heteroatoms. The molecule has 2 aliphatic rings. The van der Waals surface area contributed by atoms with Gasteiger partial charge in [-0.3, -0.25) is 5.10 Å². The van der Waals surface area contributed by atoms with Crippen molar-refractivity contribution in [2.75, 3.05) is 5.32 Å². The summed E-state index contributed by atoms with van der Waals surface area (Å²) >= 11 is 1.18. The van der Waals surface area contributed by atoms with E-state index < -0.39 is 15.6 Å². The number of nitrogens with one attached hydrogen (secondary N) is 3. The van der Waals surface area contributed by atoms with Gasteiger partial charge in [-0.25, -0.2) is 23.1 Å². The highest BCUT2D eigenvalue weighted by atomic mass is 32.2. The minimum Gasteiger partial charge on any atom is -0.325 e. The summed E-state index contributed by atoms with van der Waals surface area (Å²) in [5.74, 6) is 3.04. The molecule has 5 rings (SSSR count). The van der Waals surface area contributed by atoms with Crippen molar-refractivity contribution < 1.29 is 8.42 Å². The zero-order chi connectivity index (χ0) is 21.8. The summed E-state index contributed by atoms with van der Waals surface area (Å²) in [5, 5.41) is 10.7. The van der Waals surface area contributed by atoms with E-state index in [4.69, 9.17) is 4.98 Å². The van der Waals surface area contributed by atoms with Crippen molar-refractivity contribution in [2.45, 2.75) is 68.0 Å². The minimum absolute atomic E-state index is 0.259. The van der Waals surface area contributed by atoms with Crippen molar-refractivity contribution >= 4 is 33.0 Å². The first kappa shape index (κ1) is 20.6. The maximum Gasteiger partial charge on any atom is 0.250 e. The van der Waals surface area contributed by atoms with E-state index in [0.717, 1.165) is 34.9 Å². The smallest absolute Gasteiger partial charge is 0.250 e. The highest BCUT2D eigenvalue weighted by Crippen LogP contribution is 2.42. The number of nitrogens with zero attached hydrogens (tertiary/aromatic N) is 3. The first-order valence-electron chi connectivity index (χ1n) is 10.5. The largest absolute Gasteiger partial charge is 0.325 e. The predicted octanol–water partition coefficient (Wildman–Crippen LogP) is 4.50. The van der Waals surface area contributed by atoms with E-state index in [2.05, 4.69) is 25.2 Å². The molecule has 2 saturated carbocycles. The van der Waals surface area contributed by atoms with Crippen LogP contribution in [0.15, 0.2) is 28.5 Å². The molecule has 31 heavy (non-hydrogen) atoms. The lowest BCUT2D eigenvalue weighted by molar-refractivity contribution is 0.492. The number of aromatic nitrogens is 4. The van der Waals surface area contributed by atoms with Gasteiger partial charge < -0.3 is 5.32 Å². The van der Waals surface area contributed by atoms with Gasteiger partial charge in [0.2, 0.25) is 0 Å². The molecule has 3 aromatic rings. The summed E-state index contributed by atoms with van der Waals surface area (Å²) in [6, 6.07) is 7.40. The first-order chi connectivity index (χ1) is 14.7. The van der Waals surface area contributed by atoms with Crippen molar-refractivity contribution in [3.63, 3.8) is 0 Å². The summed E-state index contributed by atoms with van der Waals surface area (Å²) in [6.07, 6.45) is 4.62. The Kier molecular flexibility index (Phi) is 4.91. The second-order valence-corrected chi connectivity index (χ2v) is 12.3. The van der Waals surface area contributed by atoms with Crippen molar-refractivity contribution in [1.82, 2.24) is 24.9 Å². The highest BCUT2D eigenvalue weighted by molar-refractivity contribution is 7.91. The quantitative estimate of drug-likeness (QED) is 0.480. The lowest BCUT2D eigenvalue weighted by Gasteiger charge is -2.19. The zero-order valence-electron chi connectivity index (χ0n) is 17.8. The van der Waals surface area contributed by atoms with E-state index in [-0.39, 0.29) is 4.21 Å². The van der Waals surface area contributed by atoms with Crippen molar-refractivity contribution in [1.29, 1.82) is 0 Å². The standard InChI is InChI=1S/C21H26N6O2S2/c1-21(2,3)27-31(28,29)19-9-8-16(30-19)20-22-14(12-4-5-12)10-17(24-20)23-18-11-15(25-26-18)13-6-7-13/h8-13,27H,4-7H2,1-3H3,(H2,22,23,24,25,26). The zero-order valence-corrected chi connectivity index (χ0v) is 19.4. The topological polar surface area (TPSA) is 113 Å². The number of hydrogen-bond acceptors (Lipinski definition) is 7. The lowest BCUT2D eigenvalue weighted by atomic mass is 10.1. The molecule has 0 radical (unpaired) electrons. The van der Waals surface area contributed by atoms with E-state index in [1.54, 1.807) is 12.1 Å². The minimum atomic E-state index is -3.59. The molecule has 0 amide bonds. The average Bonchev–Trinajstić information content (AvgIpc) is 3.60. The SMILES string of the molecule is CC(C)(C)NS(=O)(=O)c1ccc(-c2nc(Nc3cc(C4CC4)n[nH]3)cc(C3CC3)n2)s1. The molecule has 2 fully saturated rings. The second kappa shape index (κ2) is 7.39. The molecule has 0 saturated heterocycles. The molecule has 0 spiro atoms. The third kappa shape index (κ3) is 4.81. The Morgan fingerprint density at radius 3 is 2.42 bits per heavy atom. The average molecular weight is 459 g/mol. The normalized spacial score (nSPS) is 17.1. The molecule has 0 aliphatic heterocycles. The second-order valence-electron chi connectivity index (χ2n) is 9.36. The van der Waals surface area contributed by atoms with Gasteiger partial charge in [-0.05, 0) is 58.6 Å². The Balaban J connectivity index is 1.44. The number of rotatable bonds is 7. The van der Waals surface area contributed by atoms with Crippen LogP contribution in [0, 0.1) is 0 Å². The molecule has 3 heterocycles. The molecule has 0 aromatic carbocycles. The van der Waals surface area contributed by atoms with Gasteiger partial charge in [0.1, 0.15) is 15.8 Å². The van der Waals surface area contributed by atoms with Gasteiger partial charge >= 0.3 is 0 Å². The molecule has 3 aromatic heterocycles. The van der Waals surface area contributed by atoms with Crippen LogP contribution in [0.4, 0.5) is 11.6 Å². The fourth-order valence-electron chi connectivity index (χ4n) is 3.39. The Labute approximate surface area is 186 Å². The fraction of sp³-hybridized carbons (Fsp3) is 0.476. The van der Waals surface area contributed by atoms with Gasteiger partial charge in [0.15, 0.2) is 5.82 Å². The van der Waals surface area contributed by atoms with E-state index in [9.17, 15) is 8.42 Å². The van der Waals surface area contributed by atoms with Crippen LogP contribution in [0.2, 0.25) is 0 Å². The van der Waals surface area contributed by atoms with E-state index >= 15 is 0 Å². The third-order valence-electron chi connectivity index (χ3n) is 5.10. The molecular formula is C21H26N6O2S2. The summed E-state index contributed by atoms with van der Waals surface area (Å²) in [6.45, 7) is 5.47. The van der Waals surface area contributed by atoms with Crippen LogP contribution in [0.25, 0.3) is 10.7 Å². The summed E-state index contributed by atoms with van der Waals surface area (Å²) < 4.78 is 28.3. The van der Waals surface area contributed by atoms with E-state index in [1.807, 2.05) is 32.9 Å². The van der Waals surface area contributed by atoms with Crippen LogP contribution in [-0.4, -0.2) is 34.1 Å². The van der Waals surface area contributed by atoms with Crippen molar-refractivity contribution in [3.8, 4) is 10.7 Å². The first-order valence-corrected chi connectivity index (χ1v) is 12.8. The van der Waals surface area contributed by atoms with E-state index in [1.165, 1.54) is 24.2 Å². The number of sulfonamides is 1. The Hall–Kier alpha value is -2.30. The van der Waals surface area contributed by atoms with Gasteiger partial charge in [-0.15, -0.1) is 11.3 Å². The fourth-order valence-corrected chi connectivity index (χ4v) is 6.05. The van der Waals surface area contributed by atoms with Crippen LogP contribution in [-0.2, 0) is 10.0 Å². The molecule has 0 unspecified atom stereocenters. The van der Waals surface area contributed by atoms with Gasteiger partial charge in [0.25, 0.3) is 10.0 Å². The van der Waals surface area contributed by atoms with Gasteiger partial charge in [0, 0.05) is 35.2 Å². The molecule has 0 atom stereocenters. The third-order valence-corrected chi connectivity index (χ3v) is 8.44. The highest BCUT2D eigenvalue weighted by Gasteiger charge is 2.29. The van der Waals surface area contributed by atoms with Crippen LogP contribution in [0.3, 0.4) is 0 Å². The maximum absolute atomic E-state index is 12.7. The monoisotopic (exact) mass is 458 g/mol. The Morgan fingerprint density at radius 2 is 1.74 bits per heavy atom. The van der Waals surface area contributed by atoms with Crippen LogP contribution < -0.4 is 10.0 Å². The summed E-state index contributed by atoms with van der Waals surface area (Å²) in [5.41, 5.74) is 1.52. The molecule has 3 N–H and O–H groups in total. The molecule has 2 aliphatic carbocycles. The Bertz CT molecular complexity index is 1220. The number of hydrogen-bond donors (Lipinski definition) is 3. The van der Waals surface area contributed by atoms with Gasteiger partial charge in [-0.2, -0.15) is 5.10 Å². The number of thiophene rings is 1. The van der Waals surface area contributed by atoms with Crippen LogP contribution >= 0.6 is 11.3 Å². The van der Waals surface area contributed by atoms with Gasteiger partial charge in [-0.1, -0.05) is 0 Å². The van der Waals surface area contributed by atoms with Crippen molar-refractivity contribution in [3.05, 3.63) is 35.7 Å². The molecule has 164 valence electrons. The molecular weight excluding hydrogens is 432 g/mol. The van der Waals surface area contributed by atoms with Gasteiger partial charge in [0.05, 0.1) is 10.6 Å². The number of anilines is 2. The predicted molar refractivity (Wildman–Crippen MR) is 121 cm³/mol. The molecule has 0 bridgehead atoms. The summed E-state index contributed by atoms with van der Waals surface area (Å²) in [7, 11) is -3.59. The van der Waals surface area contributed by atoms with E-state index in [0.29, 0.717) is 23.5 Å². The number of H-pyrrole nitrogens is 1. The van der Waals surface area contributed by atoms with Crippen LogP contribution in [0.5, 0.6) is 0 Å². The Morgan fingerprint density at radius 1 is 1.03 bits per heavy atom.